The van der Waals surface area contributed by atoms with Gasteiger partial charge in [0, 0.05) is 34.3 Å². The average molecular weight is 374 g/mol. The summed E-state index contributed by atoms with van der Waals surface area (Å²) in [7, 11) is 1.93. The topological polar surface area (TPSA) is 56.7 Å². The van der Waals surface area contributed by atoms with Gasteiger partial charge < -0.3 is 5.73 Å². The standard InChI is InChI=1S/C12H14Br2N4/c1-7-3-9(18(2)17-7)5-11(15)12-10(14)4-8(13)6-16-12/h3-4,6,11H,5,15H2,1-2H3. The summed E-state index contributed by atoms with van der Waals surface area (Å²) in [6, 6.07) is 3.85. The fraction of sp³-hybridized carbons (Fsp3) is 0.333. The van der Waals surface area contributed by atoms with Gasteiger partial charge in [0.2, 0.25) is 0 Å². The lowest BCUT2D eigenvalue weighted by Gasteiger charge is -2.13. The van der Waals surface area contributed by atoms with E-state index in [0.29, 0.717) is 6.42 Å². The molecule has 0 aliphatic heterocycles. The molecular formula is C12H14Br2N4. The van der Waals surface area contributed by atoms with Crippen LogP contribution < -0.4 is 5.73 Å². The number of halogens is 2. The molecule has 0 saturated carbocycles. The molecule has 18 heavy (non-hydrogen) atoms. The maximum absolute atomic E-state index is 6.21. The van der Waals surface area contributed by atoms with Crippen molar-refractivity contribution in [1.82, 2.24) is 14.8 Å². The molecular weight excluding hydrogens is 360 g/mol. The SMILES string of the molecule is Cc1cc(CC(N)c2ncc(Br)cc2Br)n(C)n1. The molecule has 0 aliphatic carbocycles. The molecule has 0 spiro atoms. The van der Waals surface area contributed by atoms with Gasteiger partial charge >= 0.3 is 0 Å². The first-order chi connectivity index (χ1) is 8.47. The summed E-state index contributed by atoms with van der Waals surface area (Å²) in [5.74, 6) is 0. The molecule has 4 nitrogen and oxygen atoms in total. The van der Waals surface area contributed by atoms with Crippen LogP contribution in [0.5, 0.6) is 0 Å². The van der Waals surface area contributed by atoms with Crippen LogP contribution in [0.4, 0.5) is 0 Å². The van der Waals surface area contributed by atoms with Gasteiger partial charge in [0.1, 0.15) is 0 Å². The van der Waals surface area contributed by atoms with Crippen molar-refractivity contribution in [2.75, 3.05) is 0 Å². The van der Waals surface area contributed by atoms with Gasteiger partial charge in [-0.15, -0.1) is 0 Å². The predicted octanol–water partition coefficient (Wildman–Crippen LogP) is 2.89. The minimum atomic E-state index is -0.151. The summed E-state index contributed by atoms with van der Waals surface area (Å²) in [6.07, 6.45) is 2.47. The van der Waals surface area contributed by atoms with Crippen molar-refractivity contribution < 1.29 is 0 Å². The zero-order valence-corrected chi connectivity index (χ0v) is 13.4. The second-order valence-electron chi connectivity index (χ2n) is 4.23. The van der Waals surface area contributed by atoms with E-state index in [9.17, 15) is 0 Å². The van der Waals surface area contributed by atoms with Crippen LogP contribution in [-0.2, 0) is 13.5 Å². The average Bonchev–Trinajstić information content (AvgIpc) is 2.57. The molecule has 1 unspecified atom stereocenters. The Hall–Kier alpha value is -0.720. The Morgan fingerprint density at radius 1 is 1.39 bits per heavy atom. The molecule has 6 heteroatoms. The van der Waals surface area contributed by atoms with Crippen LogP contribution in [0.2, 0.25) is 0 Å². The highest BCUT2D eigenvalue weighted by Gasteiger charge is 2.15. The number of pyridine rings is 1. The van der Waals surface area contributed by atoms with Crippen LogP contribution in [-0.4, -0.2) is 14.8 Å². The second-order valence-corrected chi connectivity index (χ2v) is 6.00. The van der Waals surface area contributed by atoms with Crippen LogP contribution in [0.3, 0.4) is 0 Å². The molecule has 96 valence electrons. The lowest BCUT2D eigenvalue weighted by atomic mass is 10.1. The molecule has 2 heterocycles. The smallest absolute Gasteiger partial charge is 0.0717 e. The Kier molecular flexibility index (Phi) is 4.19. The van der Waals surface area contributed by atoms with Crippen molar-refractivity contribution >= 4 is 31.9 Å². The maximum Gasteiger partial charge on any atom is 0.0717 e. The molecule has 0 amide bonds. The van der Waals surface area contributed by atoms with Crippen LogP contribution in [0.15, 0.2) is 27.3 Å². The van der Waals surface area contributed by atoms with Crippen molar-refractivity contribution in [2.45, 2.75) is 19.4 Å². The van der Waals surface area contributed by atoms with Crippen molar-refractivity contribution in [3.63, 3.8) is 0 Å². The van der Waals surface area contributed by atoms with Crippen molar-refractivity contribution in [3.05, 3.63) is 44.4 Å². The van der Waals surface area contributed by atoms with E-state index < -0.39 is 0 Å². The third-order valence-corrected chi connectivity index (χ3v) is 3.78. The van der Waals surface area contributed by atoms with Gasteiger partial charge in [-0.05, 0) is 50.9 Å². The van der Waals surface area contributed by atoms with Gasteiger partial charge in [-0.25, -0.2) is 0 Å². The number of hydrogen-bond acceptors (Lipinski definition) is 3. The Morgan fingerprint density at radius 2 is 2.11 bits per heavy atom. The molecule has 2 rings (SSSR count). The summed E-state index contributed by atoms with van der Waals surface area (Å²) < 4.78 is 3.71. The normalized spacial score (nSPS) is 12.7. The third kappa shape index (κ3) is 2.99. The van der Waals surface area contributed by atoms with Crippen LogP contribution >= 0.6 is 31.9 Å². The van der Waals surface area contributed by atoms with E-state index in [-0.39, 0.29) is 6.04 Å². The van der Waals surface area contributed by atoms with Gasteiger partial charge in [-0.2, -0.15) is 5.10 Å². The monoisotopic (exact) mass is 372 g/mol. The number of aromatic nitrogens is 3. The summed E-state index contributed by atoms with van der Waals surface area (Å²) >= 11 is 6.87. The molecule has 0 saturated heterocycles. The highest BCUT2D eigenvalue weighted by atomic mass is 79.9. The Balaban J connectivity index is 2.21. The minimum Gasteiger partial charge on any atom is -0.322 e. The van der Waals surface area contributed by atoms with Crippen LogP contribution in [0.25, 0.3) is 0 Å². The van der Waals surface area contributed by atoms with Crippen molar-refractivity contribution in [2.24, 2.45) is 12.8 Å². The fourth-order valence-corrected chi connectivity index (χ4v) is 3.16. The highest BCUT2D eigenvalue weighted by molar-refractivity contribution is 9.11. The number of rotatable bonds is 3. The zero-order valence-electron chi connectivity index (χ0n) is 10.2. The van der Waals surface area contributed by atoms with Gasteiger partial charge in [0.25, 0.3) is 0 Å². The number of hydrogen-bond donors (Lipinski definition) is 1. The van der Waals surface area contributed by atoms with Crippen LogP contribution in [0.1, 0.15) is 23.1 Å². The van der Waals surface area contributed by atoms with Crippen molar-refractivity contribution in [1.29, 1.82) is 0 Å². The molecule has 0 fully saturated rings. The lowest BCUT2D eigenvalue weighted by Crippen LogP contribution is -2.17. The Morgan fingerprint density at radius 3 is 2.67 bits per heavy atom. The van der Waals surface area contributed by atoms with Crippen molar-refractivity contribution in [3.8, 4) is 0 Å². The molecule has 2 aromatic heterocycles. The van der Waals surface area contributed by atoms with E-state index in [4.69, 9.17) is 5.73 Å². The minimum absolute atomic E-state index is 0.151. The number of aryl methyl sites for hydroxylation is 2. The molecule has 0 radical (unpaired) electrons. The molecule has 1 atom stereocenters. The van der Waals surface area contributed by atoms with E-state index in [1.54, 1.807) is 6.20 Å². The Bertz CT molecular complexity index is 565. The van der Waals surface area contributed by atoms with E-state index in [1.807, 2.05) is 30.8 Å². The summed E-state index contributed by atoms with van der Waals surface area (Å²) in [4.78, 5) is 4.36. The summed E-state index contributed by atoms with van der Waals surface area (Å²) in [5, 5.41) is 4.32. The summed E-state index contributed by atoms with van der Waals surface area (Å²) in [5.41, 5.74) is 9.18. The molecule has 0 bridgehead atoms. The van der Waals surface area contributed by atoms with E-state index in [1.165, 1.54) is 0 Å². The third-order valence-electron chi connectivity index (χ3n) is 2.72. The first-order valence-corrected chi connectivity index (χ1v) is 7.12. The quantitative estimate of drug-likeness (QED) is 0.899. The molecule has 0 aromatic carbocycles. The first kappa shape index (κ1) is 13.7. The molecule has 2 N–H and O–H groups in total. The lowest BCUT2D eigenvalue weighted by molar-refractivity contribution is 0.626. The van der Waals surface area contributed by atoms with Gasteiger partial charge in [-0.3, -0.25) is 9.67 Å². The van der Waals surface area contributed by atoms with E-state index in [0.717, 1.165) is 26.0 Å². The van der Waals surface area contributed by atoms with Gasteiger partial charge in [0.15, 0.2) is 0 Å². The molecule has 0 aliphatic rings. The highest BCUT2D eigenvalue weighted by Crippen LogP contribution is 2.25. The van der Waals surface area contributed by atoms with Gasteiger partial charge in [0.05, 0.1) is 17.4 Å². The first-order valence-electron chi connectivity index (χ1n) is 5.53. The second kappa shape index (κ2) is 5.50. The largest absolute Gasteiger partial charge is 0.322 e. The molecule has 2 aromatic rings. The van der Waals surface area contributed by atoms with Crippen LogP contribution in [0, 0.1) is 6.92 Å². The number of nitrogens with zero attached hydrogens (tertiary/aromatic N) is 3. The Labute approximate surface area is 123 Å². The van der Waals surface area contributed by atoms with E-state index in [2.05, 4.69) is 41.9 Å². The number of nitrogens with two attached hydrogens (primary N) is 1. The predicted molar refractivity (Wildman–Crippen MR) is 78.2 cm³/mol. The van der Waals surface area contributed by atoms with Gasteiger partial charge in [-0.1, -0.05) is 0 Å². The zero-order chi connectivity index (χ0) is 13.3. The fourth-order valence-electron chi connectivity index (χ4n) is 1.88. The maximum atomic E-state index is 6.21. The summed E-state index contributed by atoms with van der Waals surface area (Å²) in [6.45, 7) is 1.98. The van der Waals surface area contributed by atoms with E-state index >= 15 is 0 Å².